The largest absolute Gasteiger partial charge is 0.493 e. The van der Waals surface area contributed by atoms with E-state index in [1.807, 2.05) is 0 Å². The summed E-state index contributed by atoms with van der Waals surface area (Å²) in [6, 6.07) is 12.7. The number of benzene rings is 2. The van der Waals surface area contributed by atoms with Crippen molar-refractivity contribution in [2.24, 2.45) is 5.10 Å². The Morgan fingerprint density at radius 1 is 1.11 bits per heavy atom. The molecule has 0 fully saturated rings. The molecule has 0 saturated carbocycles. The fourth-order valence-corrected chi connectivity index (χ4v) is 2.76. The molecular formula is C20H17F3N2O3. The predicted molar refractivity (Wildman–Crippen MR) is 99.6 cm³/mol. The number of amides is 1. The summed E-state index contributed by atoms with van der Waals surface area (Å²) in [5.41, 5.74) is -1.29. The van der Waals surface area contributed by atoms with Gasteiger partial charge in [-0.15, -0.1) is 0 Å². The first-order chi connectivity index (χ1) is 13.4. The van der Waals surface area contributed by atoms with E-state index in [0.717, 1.165) is 11.1 Å². The number of halogens is 3. The number of methoxy groups -OCH3 is 1. The van der Waals surface area contributed by atoms with Crippen LogP contribution >= 0.6 is 0 Å². The first-order valence-electron chi connectivity index (χ1n) is 8.44. The molecule has 28 heavy (non-hydrogen) atoms. The predicted octanol–water partition coefficient (Wildman–Crippen LogP) is 4.44. The van der Waals surface area contributed by atoms with Crippen LogP contribution in [-0.4, -0.2) is 31.5 Å². The molecule has 0 N–H and O–H groups in total. The molecule has 1 aliphatic rings. The fraction of sp³-hybridized carbons (Fsp3) is 0.200. The highest BCUT2D eigenvalue weighted by molar-refractivity contribution is 6.34. The summed E-state index contributed by atoms with van der Waals surface area (Å²) in [4.78, 5) is 12.8. The summed E-state index contributed by atoms with van der Waals surface area (Å²) in [7, 11) is 1.43. The molecule has 8 heteroatoms. The van der Waals surface area contributed by atoms with Crippen molar-refractivity contribution in [1.29, 1.82) is 0 Å². The first kappa shape index (κ1) is 19.5. The molecule has 2 aromatic carbocycles. The number of rotatable bonds is 5. The average molecular weight is 390 g/mol. The summed E-state index contributed by atoms with van der Waals surface area (Å²) in [6.07, 6.45) is -3.67. The number of anilines is 1. The van der Waals surface area contributed by atoms with Crippen LogP contribution in [0.1, 0.15) is 12.5 Å². The van der Waals surface area contributed by atoms with Gasteiger partial charge in [0.25, 0.3) is 5.91 Å². The van der Waals surface area contributed by atoms with Crippen molar-refractivity contribution in [1.82, 2.24) is 0 Å². The van der Waals surface area contributed by atoms with Crippen molar-refractivity contribution in [3.05, 3.63) is 59.7 Å². The Bertz CT molecular complexity index is 937. The lowest BCUT2D eigenvalue weighted by molar-refractivity contribution is -0.114. The Hall–Kier alpha value is -3.29. The van der Waals surface area contributed by atoms with Gasteiger partial charge >= 0.3 is 6.18 Å². The standard InChI is InChI=1S/C20H17F3N2O3/c1-3-28-17-13(8-7-11-16(17)27-2)12-15-18(20(21,22)23)24-25(19(15)26)14-9-5-4-6-10-14/h4-12H,3H2,1-2H3/b15-12-. The molecule has 5 nitrogen and oxygen atoms in total. The van der Waals surface area contributed by atoms with E-state index in [4.69, 9.17) is 9.47 Å². The molecule has 0 radical (unpaired) electrons. The maximum Gasteiger partial charge on any atom is 0.435 e. The van der Waals surface area contributed by atoms with Gasteiger partial charge < -0.3 is 9.47 Å². The molecule has 0 aliphatic carbocycles. The third kappa shape index (κ3) is 3.71. The second-order valence-electron chi connectivity index (χ2n) is 5.77. The van der Waals surface area contributed by atoms with Crippen LogP contribution in [0.5, 0.6) is 11.5 Å². The molecule has 0 atom stereocenters. The molecule has 0 unspecified atom stereocenters. The third-order valence-electron chi connectivity index (χ3n) is 3.96. The minimum Gasteiger partial charge on any atom is -0.493 e. The van der Waals surface area contributed by atoms with E-state index in [9.17, 15) is 18.0 Å². The van der Waals surface area contributed by atoms with Crippen molar-refractivity contribution in [2.75, 3.05) is 18.7 Å². The Kier molecular flexibility index (Phi) is 5.39. The van der Waals surface area contributed by atoms with Crippen LogP contribution in [0.3, 0.4) is 0 Å². The maximum atomic E-state index is 13.6. The van der Waals surface area contributed by atoms with Crippen LogP contribution in [0.4, 0.5) is 18.9 Å². The molecule has 1 amide bonds. The summed E-state index contributed by atoms with van der Waals surface area (Å²) in [5, 5.41) is 4.29. The van der Waals surface area contributed by atoms with Gasteiger partial charge in [0.15, 0.2) is 17.2 Å². The van der Waals surface area contributed by atoms with Gasteiger partial charge in [-0.3, -0.25) is 4.79 Å². The van der Waals surface area contributed by atoms with Crippen LogP contribution in [0.25, 0.3) is 6.08 Å². The molecular weight excluding hydrogens is 373 g/mol. The molecule has 2 aromatic rings. The van der Waals surface area contributed by atoms with Crippen LogP contribution in [0.15, 0.2) is 59.2 Å². The highest BCUT2D eigenvalue weighted by atomic mass is 19.4. The van der Waals surface area contributed by atoms with Gasteiger partial charge in [0, 0.05) is 5.56 Å². The Morgan fingerprint density at radius 3 is 2.43 bits per heavy atom. The Morgan fingerprint density at radius 2 is 1.82 bits per heavy atom. The van der Waals surface area contributed by atoms with E-state index in [0.29, 0.717) is 5.75 Å². The maximum absolute atomic E-state index is 13.6. The molecule has 3 rings (SSSR count). The summed E-state index contributed by atoms with van der Waals surface area (Å²) in [6.45, 7) is 2.02. The van der Waals surface area contributed by atoms with E-state index in [-0.39, 0.29) is 23.6 Å². The summed E-state index contributed by atoms with van der Waals surface area (Å²) >= 11 is 0. The Labute approximate surface area is 159 Å². The van der Waals surface area contributed by atoms with E-state index < -0.39 is 23.4 Å². The Balaban J connectivity index is 2.13. The molecule has 0 aromatic heterocycles. The van der Waals surface area contributed by atoms with Crippen molar-refractivity contribution in [3.63, 3.8) is 0 Å². The van der Waals surface area contributed by atoms with Crippen molar-refractivity contribution in [3.8, 4) is 11.5 Å². The number of hydrazone groups is 1. The number of nitrogens with zero attached hydrogens (tertiary/aromatic N) is 2. The van der Waals surface area contributed by atoms with Gasteiger partial charge in [-0.1, -0.05) is 30.3 Å². The molecule has 1 aliphatic heterocycles. The van der Waals surface area contributed by atoms with Crippen LogP contribution in [0, 0.1) is 0 Å². The summed E-state index contributed by atoms with van der Waals surface area (Å²) in [5.74, 6) is -0.261. The normalized spacial score (nSPS) is 15.8. The van der Waals surface area contributed by atoms with Gasteiger partial charge in [0.1, 0.15) is 0 Å². The van der Waals surface area contributed by atoms with Gasteiger partial charge in [-0.25, -0.2) is 0 Å². The third-order valence-corrected chi connectivity index (χ3v) is 3.96. The van der Waals surface area contributed by atoms with E-state index in [2.05, 4.69) is 5.10 Å². The van der Waals surface area contributed by atoms with E-state index in [1.54, 1.807) is 43.3 Å². The monoisotopic (exact) mass is 390 g/mol. The highest BCUT2D eigenvalue weighted by Crippen LogP contribution is 2.36. The molecule has 146 valence electrons. The van der Waals surface area contributed by atoms with Crippen LogP contribution < -0.4 is 14.5 Å². The zero-order valence-electron chi connectivity index (χ0n) is 15.2. The van der Waals surface area contributed by atoms with Crippen molar-refractivity contribution < 1.29 is 27.4 Å². The lowest BCUT2D eigenvalue weighted by Crippen LogP contribution is -2.25. The van der Waals surface area contributed by atoms with Gasteiger partial charge in [-0.05, 0) is 31.2 Å². The van der Waals surface area contributed by atoms with Gasteiger partial charge in [0.2, 0.25) is 0 Å². The van der Waals surface area contributed by atoms with E-state index in [1.165, 1.54) is 19.2 Å². The SMILES string of the molecule is CCOc1c(/C=C2\C(=O)N(c3ccccc3)N=C2C(F)(F)F)cccc1OC. The number of ether oxygens (including phenoxy) is 2. The minimum absolute atomic E-state index is 0.244. The van der Waals surface area contributed by atoms with Crippen molar-refractivity contribution >= 4 is 23.4 Å². The molecule has 0 bridgehead atoms. The minimum atomic E-state index is -4.80. The quantitative estimate of drug-likeness (QED) is 0.709. The fourth-order valence-electron chi connectivity index (χ4n) is 2.76. The average Bonchev–Trinajstić information content (AvgIpc) is 3.01. The van der Waals surface area contributed by atoms with Crippen LogP contribution in [-0.2, 0) is 4.79 Å². The zero-order valence-corrected chi connectivity index (χ0v) is 15.2. The first-order valence-corrected chi connectivity index (χ1v) is 8.44. The van der Waals surface area contributed by atoms with E-state index >= 15 is 0 Å². The molecule has 0 spiro atoms. The van der Waals surface area contributed by atoms with Crippen molar-refractivity contribution in [2.45, 2.75) is 13.1 Å². The molecule has 0 saturated heterocycles. The zero-order chi connectivity index (χ0) is 20.3. The van der Waals surface area contributed by atoms with Gasteiger partial charge in [-0.2, -0.15) is 23.3 Å². The van der Waals surface area contributed by atoms with Crippen LogP contribution in [0.2, 0.25) is 0 Å². The lowest BCUT2D eigenvalue weighted by atomic mass is 10.0. The lowest BCUT2D eigenvalue weighted by Gasteiger charge is -2.13. The number of hydrogen-bond donors (Lipinski definition) is 0. The molecule has 1 heterocycles. The topological polar surface area (TPSA) is 51.1 Å². The number of hydrogen-bond acceptors (Lipinski definition) is 4. The number of carbonyl (C=O) groups excluding carboxylic acids is 1. The highest BCUT2D eigenvalue weighted by Gasteiger charge is 2.46. The van der Waals surface area contributed by atoms with Gasteiger partial charge in [0.05, 0.1) is 25.0 Å². The number of carbonyl (C=O) groups is 1. The smallest absolute Gasteiger partial charge is 0.435 e. The summed E-state index contributed by atoms with van der Waals surface area (Å²) < 4.78 is 51.4. The number of alkyl halides is 3. The second-order valence-corrected chi connectivity index (χ2v) is 5.77. The number of para-hydroxylation sites is 2. The second kappa shape index (κ2) is 7.75.